The summed E-state index contributed by atoms with van der Waals surface area (Å²) in [5.41, 5.74) is 1.12. The van der Waals surface area contributed by atoms with Crippen LogP contribution in [0, 0.1) is 5.92 Å². The number of hydrogen-bond acceptors (Lipinski definition) is 5. The van der Waals surface area contributed by atoms with Gasteiger partial charge in [-0.1, -0.05) is 30.3 Å². The van der Waals surface area contributed by atoms with E-state index < -0.39 is 23.6 Å². The molecule has 22 heavy (non-hydrogen) atoms. The minimum Gasteiger partial charge on any atom is -0.465 e. The molecule has 5 heteroatoms. The number of ketones is 1. The molecule has 1 aromatic rings. The lowest BCUT2D eigenvalue weighted by Crippen LogP contribution is -2.33. The molecule has 0 aliphatic rings. The van der Waals surface area contributed by atoms with Crippen molar-refractivity contribution in [2.75, 3.05) is 13.2 Å². The van der Waals surface area contributed by atoms with Crippen LogP contribution in [-0.2, 0) is 30.3 Å². The second-order valence-electron chi connectivity index (χ2n) is 4.77. The first-order valence-corrected chi connectivity index (χ1v) is 7.51. The molecule has 0 aliphatic heterocycles. The van der Waals surface area contributed by atoms with E-state index in [9.17, 15) is 14.4 Å². The summed E-state index contributed by atoms with van der Waals surface area (Å²) in [5.74, 6) is -3.54. The first-order chi connectivity index (χ1) is 10.6. The van der Waals surface area contributed by atoms with Crippen LogP contribution in [0.15, 0.2) is 30.3 Å². The van der Waals surface area contributed by atoms with Crippen molar-refractivity contribution < 1.29 is 23.9 Å². The Morgan fingerprint density at radius 3 is 2.23 bits per heavy atom. The zero-order valence-corrected chi connectivity index (χ0v) is 13.0. The first kappa shape index (κ1) is 17.9. The van der Waals surface area contributed by atoms with Gasteiger partial charge in [-0.15, -0.1) is 0 Å². The summed E-state index contributed by atoms with van der Waals surface area (Å²) in [6.45, 7) is 3.54. The van der Waals surface area contributed by atoms with Gasteiger partial charge in [0.1, 0.15) is 5.92 Å². The number of hydrogen-bond donors (Lipinski definition) is 0. The molecule has 0 radical (unpaired) electrons. The molecule has 120 valence electrons. The van der Waals surface area contributed by atoms with Crippen LogP contribution in [0.3, 0.4) is 0 Å². The Morgan fingerprint density at radius 1 is 1.00 bits per heavy atom. The highest BCUT2D eigenvalue weighted by Gasteiger charge is 2.33. The lowest BCUT2D eigenvalue weighted by Gasteiger charge is -2.13. The summed E-state index contributed by atoms with van der Waals surface area (Å²) in [4.78, 5) is 35.4. The van der Waals surface area contributed by atoms with Crippen molar-refractivity contribution in [2.45, 2.75) is 33.1 Å². The highest BCUT2D eigenvalue weighted by atomic mass is 16.5. The third-order valence-corrected chi connectivity index (χ3v) is 3.17. The summed E-state index contributed by atoms with van der Waals surface area (Å²) in [5, 5.41) is 0. The molecule has 1 rings (SSSR count). The number of aryl methyl sites for hydroxylation is 1. The number of carbonyl (C=O) groups is 3. The van der Waals surface area contributed by atoms with Gasteiger partial charge in [0.15, 0.2) is 0 Å². The SMILES string of the molecule is CCOC(=O)C(=O)C(CCCc1ccccc1)C(=O)OCC. The number of esters is 2. The smallest absolute Gasteiger partial charge is 0.375 e. The van der Waals surface area contributed by atoms with E-state index >= 15 is 0 Å². The molecule has 1 unspecified atom stereocenters. The summed E-state index contributed by atoms with van der Waals surface area (Å²) in [6, 6.07) is 9.75. The number of benzene rings is 1. The Morgan fingerprint density at radius 2 is 1.64 bits per heavy atom. The van der Waals surface area contributed by atoms with Gasteiger partial charge < -0.3 is 9.47 Å². The van der Waals surface area contributed by atoms with E-state index in [1.165, 1.54) is 0 Å². The van der Waals surface area contributed by atoms with Gasteiger partial charge in [0.2, 0.25) is 0 Å². The summed E-state index contributed by atoms with van der Waals surface area (Å²) >= 11 is 0. The first-order valence-electron chi connectivity index (χ1n) is 7.51. The van der Waals surface area contributed by atoms with Crippen LogP contribution in [0.1, 0.15) is 32.3 Å². The molecule has 1 aromatic carbocycles. The molecular weight excluding hydrogens is 284 g/mol. The van der Waals surface area contributed by atoms with Crippen LogP contribution in [0.4, 0.5) is 0 Å². The molecule has 0 bridgehead atoms. The molecule has 0 spiro atoms. The van der Waals surface area contributed by atoms with Crippen LogP contribution in [0.2, 0.25) is 0 Å². The molecule has 0 amide bonds. The van der Waals surface area contributed by atoms with Gasteiger partial charge in [0.25, 0.3) is 5.78 Å². The quantitative estimate of drug-likeness (QED) is 0.398. The summed E-state index contributed by atoms with van der Waals surface area (Å²) < 4.78 is 9.57. The maximum Gasteiger partial charge on any atom is 0.375 e. The summed E-state index contributed by atoms with van der Waals surface area (Å²) in [6.07, 6.45) is 1.61. The van der Waals surface area contributed by atoms with Crippen LogP contribution in [0.25, 0.3) is 0 Å². The van der Waals surface area contributed by atoms with Crippen molar-refractivity contribution in [3.05, 3.63) is 35.9 Å². The van der Waals surface area contributed by atoms with E-state index in [1.807, 2.05) is 30.3 Å². The van der Waals surface area contributed by atoms with Crippen molar-refractivity contribution >= 4 is 17.7 Å². The minimum absolute atomic E-state index is 0.101. The third kappa shape index (κ3) is 5.68. The number of carbonyl (C=O) groups excluding carboxylic acids is 3. The molecule has 0 saturated heterocycles. The Kier molecular flexibility index (Phi) is 7.89. The monoisotopic (exact) mass is 306 g/mol. The fourth-order valence-corrected chi connectivity index (χ4v) is 2.10. The molecular formula is C17H22O5. The van der Waals surface area contributed by atoms with E-state index in [0.29, 0.717) is 6.42 Å². The second kappa shape index (κ2) is 9.71. The standard InChI is InChI=1S/C17H22O5/c1-3-21-16(19)14(15(18)17(20)22-4-2)12-8-11-13-9-6-5-7-10-13/h5-7,9-10,14H,3-4,8,11-12H2,1-2H3. The van der Waals surface area contributed by atoms with E-state index in [1.54, 1.807) is 13.8 Å². The molecule has 0 fully saturated rings. The van der Waals surface area contributed by atoms with Crippen molar-refractivity contribution in [1.82, 2.24) is 0 Å². The molecule has 5 nitrogen and oxygen atoms in total. The second-order valence-corrected chi connectivity index (χ2v) is 4.77. The Balaban J connectivity index is 2.63. The normalized spacial score (nSPS) is 11.5. The molecule has 0 aromatic heterocycles. The van der Waals surface area contributed by atoms with E-state index in [4.69, 9.17) is 4.74 Å². The van der Waals surface area contributed by atoms with Crippen molar-refractivity contribution in [2.24, 2.45) is 5.92 Å². The van der Waals surface area contributed by atoms with E-state index in [2.05, 4.69) is 4.74 Å². The predicted molar refractivity (Wildman–Crippen MR) is 81.1 cm³/mol. The average molecular weight is 306 g/mol. The van der Waals surface area contributed by atoms with E-state index in [-0.39, 0.29) is 19.6 Å². The van der Waals surface area contributed by atoms with Gasteiger partial charge in [0, 0.05) is 0 Å². The van der Waals surface area contributed by atoms with Gasteiger partial charge in [-0.3, -0.25) is 9.59 Å². The average Bonchev–Trinajstić information content (AvgIpc) is 2.52. The summed E-state index contributed by atoms with van der Waals surface area (Å²) in [7, 11) is 0. The molecule has 0 saturated carbocycles. The maximum atomic E-state index is 12.0. The Bertz CT molecular complexity index is 495. The highest BCUT2D eigenvalue weighted by Crippen LogP contribution is 2.15. The van der Waals surface area contributed by atoms with Gasteiger partial charge in [0.05, 0.1) is 13.2 Å². The van der Waals surface area contributed by atoms with Crippen molar-refractivity contribution in [3.8, 4) is 0 Å². The predicted octanol–water partition coefficient (Wildman–Crippen LogP) is 2.32. The van der Waals surface area contributed by atoms with Crippen molar-refractivity contribution in [3.63, 3.8) is 0 Å². The zero-order chi connectivity index (χ0) is 16.4. The van der Waals surface area contributed by atoms with Crippen LogP contribution in [-0.4, -0.2) is 30.9 Å². The van der Waals surface area contributed by atoms with Gasteiger partial charge in [-0.05, 0) is 38.7 Å². The lowest BCUT2D eigenvalue weighted by molar-refractivity contribution is -0.162. The fraction of sp³-hybridized carbons (Fsp3) is 0.471. The number of ether oxygens (including phenoxy) is 2. The molecule has 1 atom stereocenters. The topological polar surface area (TPSA) is 69.7 Å². The third-order valence-electron chi connectivity index (χ3n) is 3.17. The molecule has 0 aliphatic carbocycles. The zero-order valence-electron chi connectivity index (χ0n) is 13.0. The molecule has 0 N–H and O–H groups in total. The van der Waals surface area contributed by atoms with Gasteiger partial charge >= 0.3 is 11.9 Å². The van der Waals surface area contributed by atoms with Crippen LogP contribution in [0.5, 0.6) is 0 Å². The van der Waals surface area contributed by atoms with E-state index in [0.717, 1.165) is 12.0 Å². The largest absolute Gasteiger partial charge is 0.465 e. The van der Waals surface area contributed by atoms with Crippen molar-refractivity contribution in [1.29, 1.82) is 0 Å². The van der Waals surface area contributed by atoms with Crippen LogP contribution < -0.4 is 0 Å². The number of rotatable bonds is 9. The lowest BCUT2D eigenvalue weighted by atomic mass is 9.95. The van der Waals surface area contributed by atoms with Crippen LogP contribution >= 0.6 is 0 Å². The Hall–Kier alpha value is -2.17. The fourth-order valence-electron chi connectivity index (χ4n) is 2.10. The van der Waals surface area contributed by atoms with Gasteiger partial charge in [-0.2, -0.15) is 0 Å². The maximum absolute atomic E-state index is 12.0. The highest BCUT2D eigenvalue weighted by molar-refractivity contribution is 6.37. The minimum atomic E-state index is -1.08. The Labute approximate surface area is 130 Å². The van der Waals surface area contributed by atoms with Gasteiger partial charge in [-0.25, -0.2) is 4.79 Å². The molecule has 0 heterocycles. The number of Topliss-reactive ketones (excluding diaryl/α,β-unsaturated/α-hetero) is 1.